The minimum atomic E-state index is 0.113. The molecule has 6 rings (SSSR count). The van der Waals surface area contributed by atoms with Crippen LogP contribution in [0.25, 0.3) is 33.3 Å². The molecule has 1 aliphatic rings. The molecule has 0 spiro atoms. The highest BCUT2D eigenvalue weighted by Gasteiger charge is 2.30. The van der Waals surface area contributed by atoms with Crippen molar-refractivity contribution in [1.82, 2.24) is 19.9 Å². The van der Waals surface area contributed by atoms with Crippen LogP contribution in [0.4, 0.5) is 5.00 Å². The maximum Gasteiger partial charge on any atom is 0.227 e. The fourth-order valence-corrected chi connectivity index (χ4v) is 5.75. The molecule has 3 aromatic carbocycles. The molecule has 7 heteroatoms. The number of nitrogens with one attached hydrogen (secondary N) is 1. The van der Waals surface area contributed by atoms with E-state index in [1.807, 2.05) is 52.9 Å². The molecule has 0 aliphatic carbocycles. The van der Waals surface area contributed by atoms with Gasteiger partial charge in [-0.15, -0.1) is 11.3 Å². The van der Waals surface area contributed by atoms with Crippen LogP contribution in [0.5, 0.6) is 0 Å². The number of para-hydroxylation sites is 2. The van der Waals surface area contributed by atoms with Crippen LogP contribution in [0.3, 0.4) is 0 Å². The van der Waals surface area contributed by atoms with Crippen molar-refractivity contribution in [1.29, 1.82) is 0 Å². The summed E-state index contributed by atoms with van der Waals surface area (Å²) in [4.78, 5) is 30.4. The molecule has 1 saturated heterocycles. The molecule has 0 unspecified atom stereocenters. The Morgan fingerprint density at radius 2 is 1.88 bits per heavy atom. The first-order valence-corrected chi connectivity index (χ1v) is 12.4. The van der Waals surface area contributed by atoms with Gasteiger partial charge in [0.15, 0.2) is 5.82 Å². The summed E-state index contributed by atoms with van der Waals surface area (Å²) in [5, 5.41) is 3.44. The molecular formula is C27H25N5OS. The lowest BCUT2D eigenvalue weighted by Gasteiger charge is -2.40. The van der Waals surface area contributed by atoms with E-state index in [0.29, 0.717) is 13.0 Å². The van der Waals surface area contributed by atoms with Crippen molar-refractivity contribution in [2.24, 2.45) is 0 Å². The van der Waals surface area contributed by atoms with Gasteiger partial charge in [-0.25, -0.2) is 9.97 Å². The number of anilines is 1. The summed E-state index contributed by atoms with van der Waals surface area (Å²) in [6.07, 6.45) is 0.427. The minimum absolute atomic E-state index is 0.113. The molecular weight excluding hydrogens is 442 g/mol. The van der Waals surface area contributed by atoms with Crippen LogP contribution in [-0.4, -0.2) is 51.4 Å². The fraction of sp³-hybridized carbons (Fsp3) is 0.222. The fourth-order valence-electron chi connectivity index (χ4n) is 4.92. The topological polar surface area (TPSA) is 65.1 Å². The van der Waals surface area contributed by atoms with Gasteiger partial charge in [-0.1, -0.05) is 54.6 Å². The molecule has 170 valence electrons. The minimum Gasteiger partial charge on any atom is -0.358 e. The molecule has 1 fully saturated rings. The number of H-pyrrole nitrogens is 1. The number of rotatable bonds is 4. The van der Waals surface area contributed by atoms with Crippen molar-refractivity contribution in [2.45, 2.75) is 19.4 Å². The molecule has 1 N–H and O–H groups in total. The second-order valence-electron chi connectivity index (χ2n) is 8.81. The first kappa shape index (κ1) is 20.9. The smallest absolute Gasteiger partial charge is 0.227 e. The molecule has 0 bridgehead atoms. The Morgan fingerprint density at radius 3 is 2.76 bits per heavy atom. The Bertz CT molecular complexity index is 1450. The average Bonchev–Trinajstić information content (AvgIpc) is 3.51. The summed E-state index contributed by atoms with van der Waals surface area (Å²) in [6, 6.07) is 22.6. The van der Waals surface area contributed by atoms with Crippen molar-refractivity contribution >= 4 is 44.1 Å². The van der Waals surface area contributed by atoms with E-state index in [0.717, 1.165) is 51.6 Å². The molecule has 0 saturated carbocycles. The Morgan fingerprint density at radius 1 is 1.06 bits per heavy atom. The number of aromatic amines is 1. The average molecular weight is 468 g/mol. The van der Waals surface area contributed by atoms with Crippen molar-refractivity contribution in [3.8, 4) is 11.5 Å². The molecule has 0 radical (unpaired) electrons. The van der Waals surface area contributed by atoms with E-state index in [1.54, 1.807) is 11.3 Å². The normalized spacial score (nSPS) is 16.4. The van der Waals surface area contributed by atoms with Gasteiger partial charge >= 0.3 is 0 Å². The van der Waals surface area contributed by atoms with Crippen LogP contribution in [0.1, 0.15) is 12.5 Å². The Labute approximate surface area is 201 Å². The standard InChI is InChI=1S/C27H25N5OS/c1-18-16-31(27-25(28-17-34-27)26-29-22-11-4-5-12-23(22)30-26)13-14-32(18)24(33)15-20-9-6-8-19-7-2-3-10-21(19)20/h2-12,17-18H,13-16H2,1H3,(H,29,30)/t18-/m1/s1. The second-order valence-corrected chi connectivity index (χ2v) is 9.64. The van der Waals surface area contributed by atoms with E-state index in [9.17, 15) is 4.79 Å². The molecule has 3 heterocycles. The number of hydrogen-bond donors (Lipinski definition) is 1. The zero-order valence-corrected chi connectivity index (χ0v) is 19.8. The van der Waals surface area contributed by atoms with Gasteiger partial charge in [0.25, 0.3) is 0 Å². The van der Waals surface area contributed by atoms with Gasteiger partial charge in [-0.3, -0.25) is 4.79 Å². The number of thiazole rings is 1. The Kier molecular flexibility index (Phi) is 5.26. The summed E-state index contributed by atoms with van der Waals surface area (Å²) >= 11 is 1.63. The third kappa shape index (κ3) is 3.72. The summed E-state index contributed by atoms with van der Waals surface area (Å²) in [7, 11) is 0. The maximum absolute atomic E-state index is 13.3. The SMILES string of the molecule is C[C@@H]1CN(c2scnc2-c2nc3ccccc3[nH]2)CCN1C(=O)Cc1cccc2ccccc12. The predicted molar refractivity (Wildman–Crippen MR) is 138 cm³/mol. The third-order valence-electron chi connectivity index (χ3n) is 6.62. The van der Waals surface area contributed by atoms with Crippen LogP contribution in [0.2, 0.25) is 0 Å². The number of piperazine rings is 1. The first-order chi connectivity index (χ1) is 16.7. The number of benzene rings is 3. The first-order valence-electron chi connectivity index (χ1n) is 11.6. The van der Waals surface area contributed by atoms with Crippen LogP contribution in [0.15, 0.2) is 72.2 Å². The number of aromatic nitrogens is 3. The van der Waals surface area contributed by atoms with Crippen LogP contribution in [0, 0.1) is 0 Å². The number of nitrogens with zero attached hydrogens (tertiary/aromatic N) is 4. The van der Waals surface area contributed by atoms with Crippen molar-refractivity contribution < 1.29 is 4.79 Å². The van der Waals surface area contributed by atoms with Crippen LogP contribution < -0.4 is 4.90 Å². The highest BCUT2D eigenvalue weighted by molar-refractivity contribution is 7.14. The lowest BCUT2D eigenvalue weighted by Crippen LogP contribution is -2.54. The van der Waals surface area contributed by atoms with Gasteiger partial charge in [0.2, 0.25) is 5.91 Å². The van der Waals surface area contributed by atoms with E-state index < -0.39 is 0 Å². The van der Waals surface area contributed by atoms with E-state index in [1.165, 1.54) is 5.39 Å². The number of hydrogen-bond acceptors (Lipinski definition) is 5. The molecule has 6 nitrogen and oxygen atoms in total. The number of carbonyl (C=O) groups excluding carboxylic acids is 1. The number of carbonyl (C=O) groups is 1. The van der Waals surface area contributed by atoms with Gasteiger partial charge in [-0.2, -0.15) is 0 Å². The molecule has 5 aromatic rings. The van der Waals surface area contributed by atoms with Crippen molar-refractivity contribution in [3.05, 3.63) is 77.8 Å². The van der Waals surface area contributed by atoms with E-state index in [4.69, 9.17) is 4.98 Å². The number of amides is 1. The number of imidazole rings is 1. The van der Waals surface area contributed by atoms with Crippen molar-refractivity contribution in [2.75, 3.05) is 24.5 Å². The molecule has 1 aliphatic heterocycles. The monoisotopic (exact) mass is 467 g/mol. The molecule has 34 heavy (non-hydrogen) atoms. The zero-order valence-electron chi connectivity index (χ0n) is 18.9. The summed E-state index contributed by atoms with van der Waals surface area (Å²) < 4.78 is 0. The molecule has 2 aromatic heterocycles. The lowest BCUT2D eigenvalue weighted by atomic mass is 10.0. The lowest BCUT2D eigenvalue weighted by molar-refractivity contribution is -0.132. The third-order valence-corrected chi connectivity index (χ3v) is 7.50. The summed E-state index contributed by atoms with van der Waals surface area (Å²) in [5.74, 6) is 0.977. The predicted octanol–water partition coefficient (Wildman–Crippen LogP) is 5.12. The van der Waals surface area contributed by atoms with Crippen LogP contribution >= 0.6 is 11.3 Å². The number of fused-ring (bicyclic) bond motifs is 2. The summed E-state index contributed by atoms with van der Waals surface area (Å²) in [5.41, 5.74) is 5.79. The van der Waals surface area contributed by atoms with E-state index >= 15 is 0 Å². The van der Waals surface area contributed by atoms with E-state index in [-0.39, 0.29) is 11.9 Å². The Hall–Kier alpha value is -3.71. The highest BCUT2D eigenvalue weighted by atomic mass is 32.1. The van der Waals surface area contributed by atoms with Gasteiger partial charge in [-0.05, 0) is 35.4 Å². The Balaban J connectivity index is 1.19. The largest absolute Gasteiger partial charge is 0.358 e. The summed E-state index contributed by atoms with van der Waals surface area (Å²) in [6.45, 7) is 4.38. The van der Waals surface area contributed by atoms with Crippen LogP contribution in [-0.2, 0) is 11.2 Å². The molecule has 1 amide bonds. The maximum atomic E-state index is 13.3. The van der Waals surface area contributed by atoms with E-state index in [2.05, 4.69) is 46.1 Å². The van der Waals surface area contributed by atoms with Crippen molar-refractivity contribution in [3.63, 3.8) is 0 Å². The highest BCUT2D eigenvalue weighted by Crippen LogP contribution is 2.34. The van der Waals surface area contributed by atoms with Gasteiger partial charge in [0.1, 0.15) is 10.7 Å². The van der Waals surface area contributed by atoms with Gasteiger partial charge < -0.3 is 14.8 Å². The zero-order chi connectivity index (χ0) is 23.1. The van der Waals surface area contributed by atoms with Gasteiger partial charge in [0.05, 0.1) is 23.0 Å². The second kappa shape index (κ2) is 8.57. The van der Waals surface area contributed by atoms with Gasteiger partial charge in [0, 0.05) is 25.7 Å². The quantitative estimate of drug-likeness (QED) is 0.398. The molecule has 1 atom stereocenters.